The second kappa shape index (κ2) is 5.04. The van der Waals surface area contributed by atoms with Gasteiger partial charge < -0.3 is 10.6 Å². The quantitative estimate of drug-likeness (QED) is 0.674. The van der Waals surface area contributed by atoms with Crippen molar-refractivity contribution in [3.8, 4) is 0 Å². The molecule has 0 unspecified atom stereocenters. The smallest absolute Gasteiger partial charge is 0.256 e. The van der Waals surface area contributed by atoms with Crippen molar-refractivity contribution in [2.24, 2.45) is 0 Å². The van der Waals surface area contributed by atoms with Gasteiger partial charge in [0.15, 0.2) is 0 Å². The summed E-state index contributed by atoms with van der Waals surface area (Å²) in [5, 5.41) is 4.58. The predicted octanol–water partition coefficient (Wildman–Crippen LogP) is -0.304. The summed E-state index contributed by atoms with van der Waals surface area (Å²) in [5.41, 5.74) is -0.179. The molecule has 5 nitrogen and oxygen atoms in total. The lowest BCUT2D eigenvalue weighted by Crippen LogP contribution is -2.35. The Morgan fingerprint density at radius 3 is 2.87 bits per heavy atom. The van der Waals surface area contributed by atoms with Gasteiger partial charge in [-0.2, -0.15) is 4.39 Å². The number of carbonyl (C=O) groups is 2. The molecule has 1 aromatic rings. The Morgan fingerprint density at radius 1 is 1.53 bits per heavy atom. The number of carbonyl (C=O) groups excluding carboxylic acids is 2. The minimum Gasteiger partial charge on any atom is -0.358 e. The zero-order valence-corrected chi connectivity index (χ0v) is 8.08. The van der Waals surface area contributed by atoms with Crippen molar-refractivity contribution >= 4 is 11.8 Å². The van der Waals surface area contributed by atoms with Crippen LogP contribution in [0.1, 0.15) is 10.4 Å². The summed E-state index contributed by atoms with van der Waals surface area (Å²) >= 11 is 0. The molecule has 1 rings (SSSR count). The predicted molar refractivity (Wildman–Crippen MR) is 50.6 cm³/mol. The molecule has 0 saturated heterocycles. The van der Waals surface area contributed by atoms with Crippen molar-refractivity contribution in [3.63, 3.8) is 0 Å². The number of nitrogens with one attached hydrogen (secondary N) is 2. The zero-order chi connectivity index (χ0) is 11.3. The molecule has 0 spiro atoms. The molecule has 0 aliphatic carbocycles. The van der Waals surface area contributed by atoms with Crippen LogP contribution in [0.15, 0.2) is 18.3 Å². The van der Waals surface area contributed by atoms with Gasteiger partial charge in [-0.05, 0) is 12.1 Å². The number of aromatic nitrogens is 1. The average molecular weight is 211 g/mol. The number of amides is 2. The molecular weight excluding hydrogens is 201 g/mol. The van der Waals surface area contributed by atoms with Crippen LogP contribution in [0.3, 0.4) is 0 Å². The van der Waals surface area contributed by atoms with Gasteiger partial charge in [0.1, 0.15) is 0 Å². The fraction of sp³-hybridized carbons (Fsp3) is 0.222. The topological polar surface area (TPSA) is 71.1 Å². The van der Waals surface area contributed by atoms with Crippen molar-refractivity contribution in [1.29, 1.82) is 0 Å². The van der Waals surface area contributed by atoms with E-state index in [0.717, 1.165) is 0 Å². The summed E-state index contributed by atoms with van der Waals surface area (Å²) in [7, 11) is 1.44. The van der Waals surface area contributed by atoms with Crippen molar-refractivity contribution in [1.82, 2.24) is 15.6 Å². The van der Waals surface area contributed by atoms with E-state index >= 15 is 0 Å². The highest BCUT2D eigenvalue weighted by Crippen LogP contribution is 2.01. The number of hydrogen-bond acceptors (Lipinski definition) is 3. The van der Waals surface area contributed by atoms with Crippen LogP contribution in [0.5, 0.6) is 0 Å². The maximum absolute atomic E-state index is 13.0. The molecule has 1 heterocycles. The number of rotatable bonds is 3. The van der Waals surface area contributed by atoms with Crippen LogP contribution in [0.25, 0.3) is 0 Å². The van der Waals surface area contributed by atoms with Gasteiger partial charge in [0.05, 0.1) is 12.1 Å². The molecule has 2 amide bonds. The van der Waals surface area contributed by atoms with E-state index in [1.54, 1.807) is 0 Å². The van der Waals surface area contributed by atoms with Crippen LogP contribution >= 0.6 is 0 Å². The Bertz CT molecular complexity index is 381. The van der Waals surface area contributed by atoms with Gasteiger partial charge in [-0.25, -0.2) is 4.98 Å². The second-order valence-corrected chi connectivity index (χ2v) is 2.70. The second-order valence-electron chi connectivity index (χ2n) is 2.70. The first-order valence-electron chi connectivity index (χ1n) is 4.24. The van der Waals surface area contributed by atoms with Crippen LogP contribution in [0.2, 0.25) is 0 Å². The first-order valence-corrected chi connectivity index (χ1v) is 4.24. The number of pyridine rings is 1. The molecule has 15 heavy (non-hydrogen) atoms. The van der Waals surface area contributed by atoms with E-state index < -0.39 is 11.9 Å². The van der Waals surface area contributed by atoms with Gasteiger partial charge in [0, 0.05) is 13.2 Å². The molecule has 0 radical (unpaired) electrons. The summed E-state index contributed by atoms with van der Waals surface area (Å²) < 4.78 is 13.0. The summed E-state index contributed by atoms with van der Waals surface area (Å²) in [6, 6.07) is 2.74. The minimum absolute atomic E-state index is 0.179. The van der Waals surface area contributed by atoms with Crippen LogP contribution in [-0.2, 0) is 4.79 Å². The van der Waals surface area contributed by atoms with Crippen molar-refractivity contribution in [3.05, 3.63) is 29.8 Å². The van der Waals surface area contributed by atoms with Crippen LogP contribution in [-0.4, -0.2) is 30.4 Å². The summed E-state index contributed by atoms with van der Waals surface area (Å²) in [4.78, 5) is 25.4. The fourth-order valence-electron chi connectivity index (χ4n) is 0.900. The zero-order valence-electron chi connectivity index (χ0n) is 8.08. The Morgan fingerprint density at radius 2 is 2.27 bits per heavy atom. The molecule has 0 aliphatic rings. The lowest BCUT2D eigenvalue weighted by Gasteiger charge is -2.04. The molecule has 0 fully saturated rings. The highest BCUT2D eigenvalue weighted by atomic mass is 19.1. The molecule has 0 aliphatic heterocycles. The van der Waals surface area contributed by atoms with E-state index in [9.17, 15) is 14.0 Å². The van der Waals surface area contributed by atoms with Gasteiger partial charge in [0.2, 0.25) is 11.9 Å². The molecular formula is C9H10FN3O2. The van der Waals surface area contributed by atoms with E-state index in [-0.39, 0.29) is 18.0 Å². The molecule has 80 valence electrons. The van der Waals surface area contributed by atoms with Gasteiger partial charge in [-0.3, -0.25) is 9.59 Å². The Labute approximate surface area is 85.7 Å². The molecule has 0 bridgehead atoms. The van der Waals surface area contributed by atoms with E-state index in [1.807, 2.05) is 0 Å². The molecule has 1 aromatic heterocycles. The summed E-state index contributed by atoms with van der Waals surface area (Å²) in [5.74, 6) is -1.87. The lowest BCUT2D eigenvalue weighted by atomic mass is 10.2. The van der Waals surface area contributed by atoms with Crippen LogP contribution < -0.4 is 10.6 Å². The maximum Gasteiger partial charge on any atom is 0.256 e. The highest BCUT2D eigenvalue weighted by Gasteiger charge is 2.12. The molecule has 2 N–H and O–H groups in total. The Hall–Kier alpha value is -1.98. The number of hydrogen-bond donors (Lipinski definition) is 2. The molecule has 0 atom stereocenters. The lowest BCUT2D eigenvalue weighted by molar-refractivity contribution is -0.119. The largest absolute Gasteiger partial charge is 0.358 e. The van der Waals surface area contributed by atoms with E-state index in [1.165, 1.54) is 25.4 Å². The van der Waals surface area contributed by atoms with Gasteiger partial charge >= 0.3 is 0 Å². The Kier molecular flexibility index (Phi) is 3.73. The third-order valence-corrected chi connectivity index (χ3v) is 1.69. The first kappa shape index (κ1) is 11.1. The maximum atomic E-state index is 13.0. The van der Waals surface area contributed by atoms with Crippen LogP contribution in [0.4, 0.5) is 4.39 Å². The number of likely N-dealkylation sites (N-methyl/N-ethyl adjacent to an activating group) is 1. The SMILES string of the molecule is CNC(=O)CNC(=O)c1cccnc1F. The Balaban J connectivity index is 2.62. The van der Waals surface area contributed by atoms with Gasteiger partial charge in [0.25, 0.3) is 5.91 Å². The van der Waals surface area contributed by atoms with Crippen molar-refractivity contribution in [2.45, 2.75) is 0 Å². The van der Waals surface area contributed by atoms with E-state index in [4.69, 9.17) is 0 Å². The van der Waals surface area contributed by atoms with Gasteiger partial charge in [-0.15, -0.1) is 0 Å². The van der Waals surface area contributed by atoms with Crippen LogP contribution in [0, 0.1) is 5.95 Å². The first-order chi connectivity index (χ1) is 7.15. The molecule has 0 saturated carbocycles. The average Bonchev–Trinajstić information content (AvgIpc) is 2.26. The van der Waals surface area contributed by atoms with E-state index in [0.29, 0.717) is 0 Å². The third kappa shape index (κ3) is 3.01. The summed E-state index contributed by atoms with van der Waals surface area (Å²) in [6.07, 6.45) is 1.24. The summed E-state index contributed by atoms with van der Waals surface area (Å²) in [6.45, 7) is -0.191. The number of halogens is 1. The van der Waals surface area contributed by atoms with E-state index in [2.05, 4.69) is 15.6 Å². The highest BCUT2D eigenvalue weighted by molar-refractivity contribution is 5.96. The van der Waals surface area contributed by atoms with Crippen molar-refractivity contribution < 1.29 is 14.0 Å². The van der Waals surface area contributed by atoms with Gasteiger partial charge in [-0.1, -0.05) is 0 Å². The number of nitrogens with zero attached hydrogens (tertiary/aromatic N) is 1. The standard InChI is InChI=1S/C9H10FN3O2/c1-11-7(14)5-13-9(15)6-3-2-4-12-8(6)10/h2-4H,5H2,1H3,(H,11,14)(H,13,15). The monoisotopic (exact) mass is 211 g/mol. The van der Waals surface area contributed by atoms with Crippen molar-refractivity contribution in [2.75, 3.05) is 13.6 Å². The minimum atomic E-state index is -0.855. The third-order valence-electron chi connectivity index (χ3n) is 1.69. The normalized spacial score (nSPS) is 9.47. The molecule has 6 heteroatoms. The fourth-order valence-corrected chi connectivity index (χ4v) is 0.900. The molecule has 0 aromatic carbocycles.